The predicted molar refractivity (Wildman–Crippen MR) is 58.1 cm³/mol. The predicted octanol–water partition coefficient (Wildman–Crippen LogP) is 2.17. The van der Waals surface area contributed by atoms with Crippen LogP contribution in [0.5, 0.6) is 5.75 Å². The van der Waals surface area contributed by atoms with Crippen LogP contribution >= 0.6 is 11.8 Å². The molecule has 1 aromatic carbocycles. The van der Waals surface area contributed by atoms with E-state index in [1.54, 1.807) is 11.8 Å². The van der Waals surface area contributed by atoms with Gasteiger partial charge < -0.3 is 10.5 Å². The van der Waals surface area contributed by atoms with Gasteiger partial charge in [-0.2, -0.15) is 11.8 Å². The van der Waals surface area contributed by atoms with E-state index in [0.717, 1.165) is 0 Å². The summed E-state index contributed by atoms with van der Waals surface area (Å²) in [6.45, 7) is 0.399. The molecule has 0 saturated carbocycles. The maximum absolute atomic E-state index is 13.3. The average Bonchev–Trinajstić information content (AvgIpc) is 2.22. The fourth-order valence-electron chi connectivity index (χ4n) is 1.10. The topological polar surface area (TPSA) is 35.2 Å². The summed E-state index contributed by atoms with van der Waals surface area (Å²) >= 11 is 1.55. The van der Waals surface area contributed by atoms with E-state index in [-0.39, 0.29) is 18.9 Å². The maximum Gasteiger partial charge on any atom is 0.190 e. The molecule has 0 unspecified atom stereocenters. The quantitative estimate of drug-likeness (QED) is 0.792. The second kappa shape index (κ2) is 5.92. The van der Waals surface area contributed by atoms with E-state index in [1.807, 2.05) is 6.26 Å². The average molecular weight is 233 g/mol. The number of ether oxygens (including phenoxy) is 1. The molecule has 1 aromatic rings. The Morgan fingerprint density at radius 3 is 2.40 bits per heavy atom. The maximum atomic E-state index is 13.3. The van der Waals surface area contributed by atoms with Gasteiger partial charge in [-0.25, -0.2) is 8.78 Å². The Bertz CT molecular complexity index is 310. The van der Waals surface area contributed by atoms with Crippen LogP contribution in [-0.4, -0.2) is 18.6 Å². The fraction of sp³-hybridized carbons (Fsp3) is 0.400. The van der Waals surface area contributed by atoms with Gasteiger partial charge in [-0.05, 0) is 24.0 Å². The molecule has 0 aromatic heterocycles. The van der Waals surface area contributed by atoms with Gasteiger partial charge in [0.15, 0.2) is 17.4 Å². The van der Waals surface area contributed by atoms with E-state index in [9.17, 15) is 8.78 Å². The molecule has 0 bridgehead atoms. The normalized spacial score (nSPS) is 10.4. The Labute approximate surface area is 91.8 Å². The van der Waals surface area contributed by atoms with Gasteiger partial charge in [0.2, 0.25) is 0 Å². The van der Waals surface area contributed by atoms with Gasteiger partial charge >= 0.3 is 0 Å². The Morgan fingerprint density at radius 1 is 1.33 bits per heavy atom. The van der Waals surface area contributed by atoms with Crippen LogP contribution in [0.25, 0.3) is 0 Å². The lowest BCUT2D eigenvalue weighted by Crippen LogP contribution is -2.05. The Morgan fingerprint density at radius 2 is 1.93 bits per heavy atom. The van der Waals surface area contributed by atoms with Crippen LogP contribution in [0.1, 0.15) is 5.56 Å². The van der Waals surface area contributed by atoms with Gasteiger partial charge in [-0.3, -0.25) is 0 Å². The number of halogens is 2. The van der Waals surface area contributed by atoms with Crippen LogP contribution in [-0.2, 0) is 6.54 Å². The molecule has 2 nitrogen and oxygen atoms in total. The van der Waals surface area contributed by atoms with Crippen LogP contribution in [0.15, 0.2) is 12.1 Å². The van der Waals surface area contributed by atoms with E-state index < -0.39 is 11.6 Å². The molecule has 84 valence electrons. The standard InChI is InChI=1S/C10H13F2NOS/c1-15-3-2-14-10-8(11)4-7(6-13)5-9(10)12/h4-5H,2-3,6,13H2,1H3. The first-order valence-electron chi connectivity index (χ1n) is 4.48. The number of nitrogens with two attached hydrogens (primary N) is 1. The molecule has 0 aliphatic heterocycles. The second-order valence-electron chi connectivity index (χ2n) is 2.93. The van der Waals surface area contributed by atoms with Crippen molar-refractivity contribution in [3.63, 3.8) is 0 Å². The van der Waals surface area contributed by atoms with E-state index in [4.69, 9.17) is 10.5 Å². The minimum absolute atomic E-state index is 0.110. The molecule has 1 rings (SSSR count). The van der Waals surface area contributed by atoms with Crippen molar-refractivity contribution in [1.82, 2.24) is 0 Å². The van der Waals surface area contributed by atoms with E-state index >= 15 is 0 Å². The number of hydrogen-bond acceptors (Lipinski definition) is 3. The van der Waals surface area contributed by atoms with Crippen molar-refractivity contribution in [2.45, 2.75) is 6.54 Å². The molecule has 0 aliphatic rings. The molecule has 0 radical (unpaired) electrons. The Balaban J connectivity index is 2.79. The molecular formula is C10H13F2NOS. The third-order valence-corrected chi connectivity index (χ3v) is 2.40. The van der Waals surface area contributed by atoms with Crippen molar-refractivity contribution in [1.29, 1.82) is 0 Å². The first-order valence-corrected chi connectivity index (χ1v) is 5.88. The number of thioether (sulfide) groups is 1. The van der Waals surface area contributed by atoms with Crippen LogP contribution in [0.4, 0.5) is 8.78 Å². The van der Waals surface area contributed by atoms with Crippen molar-refractivity contribution < 1.29 is 13.5 Å². The zero-order valence-corrected chi connectivity index (χ0v) is 9.24. The summed E-state index contributed by atoms with van der Waals surface area (Å²) in [6.07, 6.45) is 1.90. The van der Waals surface area contributed by atoms with Crippen LogP contribution in [0, 0.1) is 11.6 Å². The highest BCUT2D eigenvalue weighted by Crippen LogP contribution is 2.23. The molecule has 0 amide bonds. The summed E-state index contributed by atoms with van der Waals surface area (Å²) < 4.78 is 31.6. The van der Waals surface area contributed by atoms with Crippen molar-refractivity contribution in [3.8, 4) is 5.75 Å². The third-order valence-electron chi connectivity index (χ3n) is 1.83. The van der Waals surface area contributed by atoms with Crippen molar-refractivity contribution in [2.75, 3.05) is 18.6 Å². The monoisotopic (exact) mass is 233 g/mol. The summed E-state index contributed by atoms with van der Waals surface area (Å²) in [5, 5.41) is 0. The zero-order chi connectivity index (χ0) is 11.3. The van der Waals surface area contributed by atoms with Gasteiger partial charge in [0.25, 0.3) is 0 Å². The SMILES string of the molecule is CSCCOc1c(F)cc(CN)cc1F. The molecular weight excluding hydrogens is 220 g/mol. The lowest BCUT2D eigenvalue weighted by Gasteiger charge is -2.08. The second-order valence-corrected chi connectivity index (χ2v) is 3.92. The minimum Gasteiger partial charge on any atom is -0.487 e. The molecule has 0 aliphatic carbocycles. The summed E-state index contributed by atoms with van der Waals surface area (Å²) in [6, 6.07) is 2.38. The summed E-state index contributed by atoms with van der Waals surface area (Å²) in [5.74, 6) is -1.02. The van der Waals surface area contributed by atoms with E-state index in [0.29, 0.717) is 11.3 Å². The molecule has 15 heavy (non-hydrogen) atoms. The fourth-order valence-corrected chi connectivity index (χ4v) is 1.35. The van der Waals surface area contributed by atoms with Gasteiger partial charge in [-0.1, -0.05) is 0 Å². The summed E-state index contributed by atoms with van der Waals surface area (Å²) in [5.41, 5.74) is 5.70. The molecule has 0 saturated heterocycles. The highest BCUT2D eigenvalue weighted by Gasteiger charge is 2.11. The van der Waals surface area contributed by atoms with Crippen molar-refractivity contribution in [2.24, 2.45) is 5.73 Å². The largest absolute Gasteiger partial charge is 0.487 e. The Hall–Kier alpha value is -0.810. The number of rotatable bonds is 5. The molecule has 0 atom stereocenters. The van der Waals surface area contributed by atoms with Crippen LogP contribution < -0.4 is 10.5 Å². The van der Waals surface area contributed by atoms with Crippen LogP contribution in [0.3, 0.4) is 0 Å². The van der Waals surface area contributed by atoms with Crippen molar-refractivity contribution in [3.05, 3.63) is 29.3 Å². The molecule has 0 heterocycles. The molecule has 0 spiro atoms. The third kappa shape index (κ3) is 3.35. The Kier molecular flexibility index (Phi) is 4.84. The first-order chi connectivity index (χ1) is 7.19. The number of hydrogen-bond donors (Lipinski definition) is 1. The highest BCUT2D eigenvalue weighted by atomic mass is 32.2. The van der Waals surface area contributed by atoms with Gasteiger partial charge in [-0.15, -0.1) is 0 Å². The summed E-state index contributed by atoms with van der Waals surface area (Å²) in [7, 11) is 0. The van der Waals surface area contributed by atoms with E-state index in [1.165, 1.54) is 12.1 Å². The van der Waals surface area contributed by atoms with Crippen LogP contribution in [0.2, 0.25) is 0 Å². The minimum atomic E-state index is -0.698. The highest BCUT2D eigenvalue weighted by molar-refractivity contribution is 7.98. The smallest absolute Gasteiger partial charge is 0.190 e. The molecule has 0 fully saturated rings. The molecule has 5 heteroatoms. The van der Waals surface area contributed by atoms with Gasteiger partial charge in [0, 0.05) is 12.3 Å². The lowest BCUT2D eigenvalue weighted by molar-refractivity contribution is 0.305. The molecule has 2 N–H and O–H groups in total. The van der Waals surface area contributed by atoms with Gasteiger partial charge in [0.05, 0.1) is 6.61 Å². The summed E-state index contributed by atoms with van der Waals surface area (Å²) in [4.78, 5) is 0. The van der Waals surface area contributed by atoms with Crippen molar-refractivity contribution >= 4 is 11.8 Å². The number of benzene rings is 1. The lowest BCUT2D eigenvalue weighted by atomic mass is 10.2. The first kappa shape index (κ1) is 12.3. The zero-order valence-electron chi connectivity index (χ0n) is 8.43. The van der Waals surface area contributed by atoms with Gasteiger partial charge in [0.1, 0.15) is 0 Å². The van der Waals surface area contributed by atoms with E-state index in [2.05, 4.69) is 0 Å².